The van der Waals surface area contributed by atoms with E-state index in [4.69, 9.17) is 18.9 Å². The molecule has 2 amide bonds. The summed E-state index contributed by atoms with van der Waals surface area (Å²) in [5.74, 6) is -0.292. The molecule has 2 aliphatic heterocycles. The van der Waals surface area contributed by atoms with Gasteiger partial charge in [0.25, 0.3) is 0 Å². The molecule has 0 N–H and O–H groups in total. The molecule has 0 saturated carbocycles. The van der Waals surface area contributed by atoms with Crippen LogP contribution in [0.25, 0.3) is 0 Å². The Bertz CT molecular complexity index is 2210. The Morgan fingerprint density at radius 1 is 0.486 bits per heavy atom. The highest BCUT2D eigenvalue weighted by atomic mass is 16.6. The molecule has 0 radical (unpaired) electrons. The standard InChI is InChI=1S/2C30H40N2O5/c2*1-22(2)18-27(28(34)36-20-24-14-10-7-11-15-24)31-21-32(29(35)37-30(3,4)5)26(25(31)16-17-33)19-23-12-8-6-9-13-23/h2*6-15,17,22,25-27H,16,18-21H2,1-5H3/t25-,26+,27+;25-,26-,27-/m10/s1. The molecule has 0 aliphatic carbocycles. The van der Waals surface area contributed by atoms with Crippen LogP contribution in [-0.4, -0.2) is 117 Å². The number of nitrogens with zero attached hydrogens (tertiary/aromatic N) is 4. The Labute approximate surface area is 439 Å². The fraction of sp³-hybridized carbons (Fsp3) is 0.500. The highest BCUT2D eigenvalue weighted by Crippen LogP contribution is 2.34. The molecule has 0 bridgehead atoms. The number of carbonyl (C=O) groups excluding carboxylic acids is 6. The zero-order chi connectivity index (χ0) is 54.0. The van der Waals surface area contributed by atoms with Gasteiger partial charge in [-0.25, -0.2) is 9.59 Å². The lowest BCUT2D eigenvalue weighted by Crippen LogP contribution is -2.48. The lowest BCUT2D eigenvalue weighted by atomic mass is 9.95. The third-order valence-electron chi connectivity index (χ3n) is 12.9. The number of carbonyl (C=O) groups is 6. The zero-order valence-electron chi connectivity index (χ0n) is 45.3. The summed E-state index contributed by atoms with van der Waals surface area (Å²) in [4.78, 5) is 84.7. The van der Waals surface area contributed by atoms with E-state index in [1.54, 1.807) is 9.80 Å². The fourth-order valence-electron chi connectivity index (χ4n) is 9.58. The molecule has 0 spiro atoms. The average Bonchev–Trinajstić information content (AvgIpc) is 3.88. The lowest BCUT2D eigenvalue weighted by molar-refractivity contribution is -0.153. The number of rotatable bonds is 20. The van der Waals surface area contributed by atoms with Crippen LogP contribution in [0.5, 0.6) is 0 Å². The number of hydrogen-bond acceptors (Lipinski definition) is 12. The maximum Gasteiger partial charge on any atom is 0.411 e. The van der Waals surface area contributed by atoms with E-state index in [1.165, 1.54) is 0 Å². The molecule has 6 rings (SSSR count). The molecule has 2 aliphatic rings. The van der Waals surface area contributed by atoms with Crippen molar-refractivity contribution in [3.63, 3.8) is 0 Å². The third-order valence-corrected chi connectivity index (χ3v) is 12.9. The van der Waals surface area contributed by atoms with Gasteiger partial charge < -0.3 is 28.5 Å². The summed E-state index contributed by atoms with van der Waals surface area (Å²) in [5, 5.41) is 0. The van der Waals surface area contributed by atoms with Gasteiger partial charge in [-0.2, -0.15) is 0 Å². The molecule has 2 fully saturated rings. The van der Waals surface area contributed by atoms with Gasteiger partial charge in [0.1, 0.15) is 49.1 Å². The monoisotopic (exact) mass is 1020 g/mol. The minimum absolute atomic E-state index is 0.170. The Kier molecular flexibility index (Phi) is 22.0. The van der Waals surface area contributed by atoms with Crippen LogP contribution in [0, 0.1) is 11.8 Å². The normalized spacial score (nSPS) is 19.0. The van der Waals surface area contributed by atoms with E-state index in [-0.39, 0.29) is 87.3 Å². The molecule has 0 unspecified atom stereocenters. The summed E-state index contributed by atoms with van der Waals surface area (Å²) in [6.45, 7) is 19.9. The van der Waals surface area contributed by atoms with Crippen molar-refractivity contribution in [1.82, 2.24) is 19.6 Å². The molecule has 14 nitrogen and oxygen atoms in total. The van der Waals surface area contributed by atoms with Gasteiger partial charge in [-0.05, 0) is 101 Å². The maximum atomic E-state index is 13.5. The van der Waals surface area contributed by atoms with Gasteiger partial charge in [-0.3, -0.25) is 29.2 Å². The number of hydrogen-bond donors (Lipinski definition) is 0. The second-order valence-electron chi connectivity index (χ2n) is 22.1. The van der Waals surface area contributed by atoms with Crippen LogP contribution in [0.1, 0.15) is 117 Å². The van der Waals surface area contributed by atoms with Crippen LogP contribution < -0.4 is 0 Å². The molecule has 2 heterocycles. The largest absolute Gasteiger partial charge is 0.460 e. The van der Waals surface area contributed by atoms with Gasteiger partial charge in [0.15, 0.2) is 0 Å². The molecule has 4 aromatic rings. The second-order valence-corrected chi connectivity index (χ2v) is 22.1. The van der Waals surface area contributed by atoms with Crippen molar-refractivity contribution >= 4 is 36.7 Å². The SMILES string of the molecule is CC(C)C[C@@H](C(=O)OCc1ccccc1)N1CN(C(=O)OC(C)(C)C)[C@@H](Cc2ccccc2)[C@@H]1CC=O.CC(C)C[C@@H](C(=O)OCc1ccccc1)N1CN(C(=O)OC(C)(C)C)[C@@H](Cc2ccccc2)[C@H]1CC=O. The van der Waals surface area contributed by atoms with E-state index in [9.17, 15) is 28.8 Å². The fourth-order valence-corrected chi connectivity index (χ4v) is 9.58. The number of amides is 2. The first-order chi connectivity index (χ1) is 35.2. The van der Waals surface area contributed by atoms with Crippen molar-refractivity contribution in [2.24, 2.45) is 11.8 Å². The second kappa shape index (κ2) is 27.8. The molecule has 0 aromatic heterocycles. The molecule has 74 heavy (non-hydrogen) atoms. The summed E-state index contributed by atoms with van der Waals surface area (Å²) < 4.78 is 23.0. The quantitative estimate of drug-likeness (QED) is 0.0471. The van der Waals surface area contributed by atoms with Crippen LogP contribution in [0.15, 0.2) is 121 Å². The van der Waals surface area contributed by atoms with Crippen LogP contribution in [0.4, 0.5) is 9.59 Å². The Hall–Kier alpha value is -6.38. The maximum absolute atomic E-state index is 13.5. The van der Waals surface area contributed by atoms with Gasteiger partial charge in [0, 0.05) is 24.9 Å². The summed E-state index contributed by atoms with van der Waals surface area (Å²) in [7, 11) is 0. The summed E-state index contributed by atoms with van der Waals surface area (Å²) in [6.07, 6.45) is 3.40. The van der Waals surface area contributed by atoms with Crippen LogP contribution in [-0.2, 0) is 64.2 Å². The Balaban J connectivity index is 0.000000274. The number of ether oxygens (including phenoxy) is 4. The Morgan fingerprint density at radius 3 is 1.05 bits per heavy atom. The van der Waals surface area contributed by atoms with E-state index in [0.29, 0.717) is 25.7 Å². The van der Waals surface area contributed by atoms with Gasteiger partial charge in [0.05, 0.1) is 25.4 Å². The first-order valence-electron chi connectivity index (χ1n) is 26.0. The highest BCUT2D eigenvalue weighted by Gasteiger charge is 2.50. The van der Waals surface area contributed by atoms with E-state index in [2.05, 4.69) is 27.7 Å². The molecular formula is C60H80N4O10. The molecule has 6 atom stereocenters. The smallest absolute Gasteiger partial charge is 0.411 e. The number of benzene rings is 4. The van der Waals surface area contributed by atoms with Crippen molar-refractivity contribution in [2.45, 2.75) is 168 Å². The van der Waals surface area contributed by atoms with Crippen molar-refractivity contribution in [3.8, 4) is 0 Å². The van der Waals surface area contributed by atoms with Crippen molar-refractivity contribution in [1.29, 1.82) is 0 Å². The highest BCUT2D eigenvalue weighted by molar-refractivity contribution is 5.77. The first kappa shape index (κ1) is 58.5. The predicted octanol–water partition coefficient (Wildman–Crippen LogP) is 10.4. The minimum Gasteiger partial charge on any atom is -0.460 e. The van der Waals surface area contributed by atoms with Gasteiger partial charge in [-0.1, -0.05) is 149 Å². The summed E-state index contributed by atoms with van der Waals surface area (Å²) in [6, 6.07) is 36.3. The number of aldehydes is 2. The van der Waals surface area contributed by atoms with E-state index in [1.807, 2.05) is 173 Å². The van der Waals surface area contributed by atoms with E-state index < -0.39 is 35.5 Å². The molecule has 4 aromatic carbocycles. The van der Waals surface area contributed by atoms with Gasteiger partial charge >= 0.3 is 24.1 Å². The van der Waals surface area contributed by atoms with Gasteiger partial charge in [-0.15, -0.1) is 0 Å². The van der Waals surface area contributed by atoms with Crippen LogP contribution >= 0.6 is 0 Å². The third kappa shape index (κ3) is 17.9. The van der Waals surface area contributed by atoms with E-state index in [0.717, 1.165) is 34.8 Å². The van der Waals surface area contributed by atoms with Crippen molar-refractivity contribution < 1.29 is 47.7 Å². The Morgan fingerprint density at radius 2 is 0.784 bits per heavy atom. The minimum atomic E-state index is -0.673. The molecule has 400 valence electrons. The van der Waals surface area contributed by atoms with Crippen molar-refractivity contribution in [2.75, 3.05) is 13.3 Å². The molecule has 2 saturated heterocycles. The zero-order valence-corrected chi connectivity index (χ0v) is 45.3. The average molecular weight is 1020 g/mol. The lowest BCUT2D eigenvalue weighted by Gasteiger charge is -2.32. The number of esters is 2. The van der Waals surface area contributed by atoms with Gasteiger partial charge in [0.2, 0.25) is 0 Å². The summed E-state index contributed by atoms with van der Waals surface area (Å²) in [5.41, 5.74) is 2.56. The molecular weight excluding hydrogens is 937 g/mol. The molecule has 14 heteroatoms. The predicted molar refractivity (Wildman–Crippen MR) is 285 cm³/mol. The van der Waals surface area contributed by atoms with Crippen molar-refractivity contribution in [3.05, 3.63) is 144 Å². The van der Waals surface area contributed by atoms with E-state index >= 15 is 0 Å². The van der Waals surface area contributed by atoms with Crippen LogP contribution in [0.2, 0.25) is 0 Å². The van der Waals surface area contributed by atoms with Crippen LogP contribution in [0.3, 0.4) is 0 Å². The first-order valence-corrected chi connectivity index (χ1v) is 26.0. The topological polar surface area (TPSA) is 152 Å². The summed E-state index contributed by atoms with van der Waals surface area (Å²) >= 11 is 0.